The van der Waals surface area contributed by atoms with Gasteiger partial charge in [-0.3, -0.25) is 4.79 Å². The van der Waals surface area contributed by atoms with Crippen LogP contribution in [0.25, 0.3) is 11.1 Å². The summed E-state index contributed by atoms with van der Waals surface area (Å²) >= 11 is 0. The summed E-state index contributed by atoms with van der Waals surface area (Å²) in [5, 5.41) is 12.2. The predicted octanol–water partition coefficient (Wildman–Crippen LogP) is 5.32. The second-order valence-corrected chi connectivity index (χ2v) is 7.88. The summed E-state index contributed by atoms with van der Waals surface area (Å²) < 4.78 is 0. The van der Waals surface area contributed by atoms with Gasteiger partial charge in [-0.25, -0.2) is 4.79 Å². The highest BCUT2D eigenvalue weighted by atomic mass is 16.4. The van der Waals surface area contributed by atoms with Crippen molar-refractivity contribution < 1.29 is 14.7 Å². The van der Waals surface area contributed by atoms with Gasteiger partial charge in [-0.2, -0.15) is 0 Å². The van der Waals surface area contributed by atoms with Crippen molar-refractivity contribution in [3.05, 3.63) is 83.9 Å². The Balaban J connectivity index is 1.72. The average Bonchev–Trinajstić information content (AvgIpc) is 2.75. The van der Waals surface area contributed by atoms with Gasteiger partial charge in [0.25, 0.3) is 5.91 Å². The first-order valence-electron chi connectivity index (χ1n) is 10.2. The zero-order valence-corrected chi connectivity index (χ0v) is 17.7. The molecule has 2 amide bonds. The van der Waals surface area contributed by atoms with E-state index >= 15 is 0 Å². The molecule has 0 aliphatic rings. The van der Waals surface area contributed by atoms with Crippen LogP contribution in [0.5, 0.6) is 0 Å². The molecule has 0 atom stereocenters. The minimum atomic E-state index is -0.954. The van der Waals surface area contributed by atoms with Crippen molar-refractivity contribution in [2.75, 3.05) is 17.6 Å². The Hall–Kier alpha value is -3.80. The second kappa shape index (κ2) is 9.80. The number of carboxylic acid groups (broad SMARTS) is 1. The van der Waals surface area contributed by atoms with Crippen LogP contribution in [0.15, 0.2) is 72.8 Å². The highest BCUT2D eigenvalue weighted by Crippen LogP contribution is 2.27. The maximum atomic E-state index is 12.7. The van der Waals surface area contributed by atoms with Crippen LogP contribution >= 0.6 is 0 Å². The van der Waals surface area contributed by atoms with Crippen molar-refractivity contribution >= 4 is 23.4 Å². The molecular weight excluding hydrogens is 390 g/mol. The summed E-state index contributed by atoms with van der Waals surface area (Å²) in [6, 6.07) is 22.3. The Kier molecular flexibility index (Phi) is 6.92. The molecule has 0 saturated heterocycles. The number of nitrogens with zero attached hydrogens (tertiary/aromatic N) is 1. The van der Waals surface area contributed by atoms with Gasteiger partial charge in [-0.1, -0.05) is 62.4 Å². The maximum Gasteiger partial charge on any atom is 0.407 e. The van der Waals surface area contributed by atoms with Crippen molar-refractivity contribution in [1.29, 1.82) is 0 Å². The lowest BCUT2D eigenvalue weighted by Gasteiger charge is -2.21. The third-order valence-corrected chi connectivity index (χ3v) is 4.85. The van der Waals surface area contributed by atoms with Crippen molar-refractivity contribution in [2.45, 2.75) is 20.4 Å². The Labute approximate surface area is 182 Å². The van der Waals surface area contributed by atoms with E-state index in [2.05, 4.69) is 5.32 Å². The first-order valence-corrected chi connectivity index (χ1v) is 10.2. The lowest BCUT2D eigenvalue weighted by Crippen LogP contribution is -2.32. The van der Waals surface area contributed by atoms with Crippen LogP contribution in [0.4, 0.5) is 16.2 Å². The van der Waals surface area contributed by atoms with Gasteiger partial charge in [0.15, 0.2) is 0 Å². The Morgan fingerprint density at radius 3 is 2.26 bits per heavy atom. The summed E-state index contributed by atoms with van der Waals surface area (Å²) in [4.78, 5) is 25.5. The molecule has 0 aliphatic carbocycles. The molecule has 3 rings (SSSR count). The van der Waals surface area contributed by atoms with E-state index < -0.39 is 6.09 Å². The van der Waals surface area contributed by atoms with Gasteiger partial charge in [-0.05, 0) is 46.9 Å². The number of rotatable bonds is 7. The summed E-state index contributed by atoms with van der Waals surface area (Å²) in [5.41, 5.74) is 10.4. The van der Waals surface area contributed by atoms with E-state index in [4.69, 9.17) is 5.73 Å². The van der Waals surface area contributed by atoms with Crippen LogP contribution in [0, 0.1) is 5.92 Å². The molecule has 0 fully saturated rings. The van der Waals surface area contributed by atoms with Crippen LogP contribution < -0.4 is 11.1 Å². The fourth-order valence-electron chi connectivity index (χ4n) is 3.30. The summed E-state index contributed by atoms with van der Waals surface area (Å²) in [7, 11) is 0. The van der Waals surface area contributed by atoms with E-state index in [1.165, 1.54) is 4.90 Å². The molecule has 3 aromatic rings. The summed E-state index contributed by atoms with van der Waals surface area (Å²) in [6.07, 6.45) is -0.954. The molecule has 0 heterocycles. The molecule has 0 aliphatic heterocycles. The van der Waals surface area contributed by atoms with E-state index in [1.807, 2.05) is 56.3 Å². The van der Waals surface area contributed by atoms with E-state index in [0.717, 1.165) is 16.7 Å². The van der Waals surface area contributed by atoms with Gasteiger partial charge in [0.05, 0.1) is 11.4 Å². The third-order valence-electron chi connectivity index (χ3n) is 4.85. The van der Waals surface area contributed by atoms with Crippen LogP contribution in [-0.4, -0.2) is 28.6 Å². The SMILES string of the molecule is CC(C)CN(Cc1ccc(C(=O)Nc2cc(-c3ccccc3)ccc2N)cc1)C(=O)O. The zero-order valence-electron chi connectivity index (χ0n) is 17.7. The standard InChI is InChI=1S/C25H27N3O3/c1-17(2)15-28(25(30)31)16-18-8-10-20(11-9-18)24(29)27-23-14-21(12-13-22(23)26)19-6-4-3-5-7-19/h3-14,17H,15-16,26H2,1-2H3,(H,27,29)(H,30,31). The summed E-state index contributed by atoms with van der Waals surface area (Å²) in [5.74, 6) is -0.0426. The van der Waals surface area contributed by atoms with Crippen LogP contribution in [0.2, 0.25) is 0 Å². The molecular formula is C25H27N3O3. The minimum absolute atomic E-state index is 0.234. The molecule has 0 aromatic heterocycles. The van der Waals surface area contributed by atoms with Gasteiger partial charge in [0.2, 0.25) is 0 Å². The first kappa shape index (κ1) is 21.9. The number of benzene rings is 3. The molecule has 3 aromatic carbocycles. The molecule has 31 heavy (non-hydrogen) atoms. The smallest absolute Gasteiger partial charge is 0.407 e. The molecule has 6 heteroatoms. The van der Waals surface area contributed by atoms with E-state index in [9.17, 15) is 14.7 Å². The molecule has 0 spiro atoms. The van der Waals surface area contributed by atoms with Crippen molar-refractivity contribution in [2.24, 2.45) is 5.92 Å². The number of hydrogen-bond donors (Lipinski definition) is 3. The fraction of sp³-hybridized carbons (Fsp3) is 0.200. The fourth-order valence-corrected chi connectivity index (χ4v) is 3.30. The highest BCUT2D eigenvalue weighted by Gasteiger charge is 2.15. The highest BCUT2D eigenvalue weighted by molar-refractivity contribution is 6.06. The number of carbonyl (C=O) groups excluding carboxylic acids is 1. The largest absolute Gasteiger partial charge is 0.465 e. The molecule has 4 N–H and O–H groups in total. The normalized spacial score (nSPS) is 10.7. The number of nitrogens with two attached hydrogens (primary N) is 1. The quantitative estimate of drug-likeness (QED) is 0.453. The molecule has 0 radical (unpaired) electrons. The lowest BCUT2D eigenvalue weighted by atomic mass is 10.0. The number of nitrogen functional groups attached to an aromatic ring is 1. The number of nitrogens with one attached hydrogen (secondary N) is 1. The van der Waals surface area contributed by atoms with Gasteiger partial charge < -0.3 is 21.1 Å². The molecule has 0 unspecified atom stereocenters. The van der Waals surface area contributed by atoms with Crippen LogP contribution in [-0.2, 0) is 6.54 Å². The Bertz CT molecular complexity index is 1050. The van der Waals surface area contributed by atoms with Crippen LogP contribution in [0.3, 0.4) is 0 Å². The van der Waals surface area contributed by atoms with Crippen molar-refractivity contribution in [3.63, 3.8) is 0 Å². The Morgan fingerprint density at radius 2 is 1.65 bits per heavy atom. The molecule has 160 valence electrons. The number of anilines is 2. The first-order chi connectivity index (χ1) is 14.8. The van der Waals surface area contributed by atoms with Gasteiger partial charge in [0.1, 0.15) is 0 Å². The lowest BCUT2D eigenvalue weighted by molar-refractivity contribution is 0.102. The van der Waals surface area contributed by atoms with Gasteiger partial charge in [-0.15, -0.1) is 0 Å². The van der Waals surface area contributed by atoms with Gasteiger partial charge in [0, 0.05) is 18.7 Å². The average molecular weight is 418 g/mol. The third kappa shape index (κ3) is 5.85. The predicted molar refractivity (Wildman–Crippen MR) is 124 cm³/mol. The molecule has 0 bridgehead atoms. The molecule has 0 saturated carbocycles. The number of amides is 2. The van der Waals surface area contributed by atoms with E-state index in [0.29, 0.717) is 23.5 Å². The van der Waals surface area contributed by atoms with Crippen molar-refractivity contribution in [3.8, 4) is 11.1 Å². The van der Waals surface area contributed by atoms with Gasteiger partial charge >= 0.3 is 6.09 Å². The number of carbonyl (C=O) groups is 2. The Morgan fingerprint density at radius 1 is 0.968 bits per heavy atom. The zero-order chi connectivity index (χ0) is 22.4. The molecule has 6 nitrogen and oxygen atoms in total. The maximum absolute atomic E-state index is 12.7. The summed E-state index contributed by atoms with van der Waals surface area (Å²) in [6.45, 7) is 4.68. The van der Waals surface area contributed by atoms with E-state index in [-0.39, 0.29) is 18.4 Å². The monoisotopic (exact) mass is 417 g/mol. The van der Waals surface area contributed by atoms with Crippen LogP contribution in [0.1, 0.15) is 29.8 Å². The second-order valence-electron chi connectivity index (χ2n) is 7.88. The minimum Gasteiger partial charge on any atom is -0.465 e. The van der Waals surface area contributed by atoms with E-state index in [1.54, 1.807) is 30.3 Å². The van der Waals surface area contributed by atoms with Crippen molar-refractivity contribution in [1.82, 2.24) is 4.90 Å². The number of hydrogen-bond acceptors (Lipinski definition) is 3. The topological polar surface area (TPSA) is 95.7 Å².